The maximum Gasteiger partial charge on any atom is 0.304 e. The normalized spacial score (nSPS) is 16.8. The van der Waals surface area contributed by atoms with Gasteiger partial charge >= 0.3 is 5.97 Å². The number of pyridine rings is 1. The van der Waals surface area contributed by atoms with Crippen LogP contribution in [0.2, 0.25) is 0 Å². The van der Waals surface area contributed by atoms with Gasteiger partial charge in [-0.3, -0.25) is 14.8 Å². The summed E-state index contributed by atoms with van der Waals surface area (Å²) in [6.07, 6.45) is 18.1. The number of fused-ring (bicyclic) bond motifs is 3. The van der Waals surface area contributed by atoms with Crippen molar-refractivity contribution in [2.24, 2.45) is 4.99 Å². The van der Waals surface area contributed by atoms with Crippen molar-refractivity contribution in [3.05, 3.63) is 86.7 Å². The molecule has 2 aliphatic carbocycles. The predicted molar refractivity (Wildman–Crippen MR) is 137 cm³/mol. The van der Waals surface area contributed by atoms with Crippen LogP contribution in [-0.4, -0.2) is 28.0 Å². The van der Waals surface area contributed by atoms with Crippen LogP contribution in [0.25, 0.3) is 23.1 Å². The highest BCUT2D eigenvalue weighted by molar-refractivity contribution is 8.08. The maximum absolute atomic E-state index is 11.1. The van der Waals surface area contributed by atoms with Gasteiger partial charge in [-0.1, -0.05) is 36.4 Å². The van der Waals surface area contributed by atoms with E-state index >= 15 is 0 Å². The summed E-state index contributed by atoms with van der Waals surface area (Å²) in [4.78, 5) is 21.7. The van der Waals surface area contributed by atoms with Gasteiger partial charge in [-0.2, -0.15) is 0 Å². The number of allylic oxidation sites excluding steroid dienone is 3. The zero-order valence-electron chi connectivity index (χ0n) is 18.5. The van der Waals surface area contributed by atoms with E-state index in [1.807, 2.05) is 6.21 Å². The summed E-state index contributed by atoms with van der Waals surface area (Å²) in [5.74, 6) is -0.249. The van der Waals surface area contributed by atoms with Gasteiger partial charge in [0.25, 0.3) is 0 Å². The van der Waals surface area contributed by atoms with E-state index in [-0.39, 0.29) is 6.42 Å². The average Bonchev–Trinajstić information content (AvgIpc) is 2.99. The van der Waals surface area contributed by atoms with E-state index in [1.165, 1.54) is 24.1 Å². The number of nitrogens with zero attached hydrogens (tertiary/aromatic N) is 2. The molecule has 1 N–H and O–H groups in total. The van der Waals surface area contributed by atoms with Gasteiger partial charge in [0.05, 0.1) is 17.8 Å². The van der Waals surface area contributed by atoms with E-state index in [1.54, 1.807) is 11.8 Å². The Labute approximate surface area is 197 Å². The van der Waals surface area contributed by atoms with Gasteiger partial charge in [-0.05, 0) is 71.5 Å². The number of hydrogen-bond acceptors (Lipinski definition) is 4. The smallest absolute Gasteiger partial charge is 0.304 e. The van der Waals surface area contributed by atoms with E-state index in [9.17, 15) is 4.79 Å². The number of carboxylic acids is 1. The fourth-order valence-corrected chi connectivity index (χ4v) is 5.60. The maximum atomic E-state index is 11.1. The molecule has 1 aliphatic heterocycles. The highest BCUT2D eigenvalue weighted by Gasteiger charge is 2.17. The minimum atomic E-state index is -0.774. The number of benzene rings is 1. The Morgan fingerprint density at radius 3 is 2.91 bits per heavy atom. The van der Waals surface area contributed by atoms with Crippen molar-refractivity contribution >= 4 is 47.1 Å². The zero-order valence-corrected chi connectivity index (χ0v) is 19.3. The molecule has 0 fully saturated rings. The lowest BCUT2D eigenvalue weighted by molar-refractivity contribution is -0.136. The molecule has 0 unspecified atom stereocenters. The number of carboxylic acid groups (broad SMARTS) is 1. The van der Waals surface area contributed by atoms with Crippen molar-refractivity contribution < 1.29 is 9.90 Å². The van der Waals surface area contributed by atoms with Crippen LogP contribution in [0, 0.1) is 0 Å². The van der Waals surface area contributed by atoms with Crippen LogP contribution in [0.4, 0.5) is 0 Å². The summed E-state index contributed by atoms with van der Waals surface area (Å²) in [7, 11) is 0. The first-order valence-corrected chi connectivity index (χ1v) is 12.5. The molecule has 33 heavy (non-hydrogen) atoms. The van der Waals surface area contributed by atoms with Gasteiger partial charge in [-0.25, -0.2) is 0 Å². The molecule has 2 aromatic rings. The first kappa shape index (κ1) is 21.7. The summed E-state index contributed by atoms with van der Waals surface area (Å²) in [6, 6.07) is 10.8. The molecule has 0 saturated heterocycles. The molecule has 3 aliphatic rings. The third kappa shape index (κ3) is 4.93. The molecule has 0 spiro atoms. The number of aryl methyl sites for hydroxylation is 2. The minimum absolute atomic E-state index is 0.131. The molecule has 0 atom stereocenters. The van der Waals surface area contributed by atoms with Crippen LogP contribution >= 0.6 is 11.8 Å². The first-order chi connectivity index (χ1) is 16.2. The highest BCUT2D eigenvalue weighted by atomic mass is 32.2. The number of dihydropyridines is 1. The van der Waals surface area contributed by atoms with Crippen LogP contribution in [0.5, 0.6) is 0 Å². The Morgan fingerprint density at radius 2 is 2.00 bits per heavy atom. The fourth-order valence-electron chi connectivity index (χ4n) is 4.44. The number of carbonyl (C=O) groups is 1. The van der Waals surface area contributed by atoms with Crippen LogP contribution in [-0.2, 0) is 17.6 Å². The monoisotopic (exact) mass is 454 g/mol. The van der Waals surface area contributed by atoms with Gasteiger partial charge in [0.1, 0.15) is 0 Å². The molecule has 0 radical (unpaired) electrons. The molecular formula is C28H26N2O2S. The molecule has 0 amide bonds. The van der Waals surface area contributed by atoms with E-state index < -0.39 is 5.97 Å². The zero-order chi connectivity index (χ0) is 22.6. The van der Waals surface area contributed by atoms with Crippen molar-refractivity contribution in [1.29, 1.82) is 0 Å². The van der Waals surface area contributed by atoms with E-state index in [0.717, 1.165) is 57.1 Å². The second kappa shape index (κ2) is 9.75. The minimum Gasteiger partial charge on any atom is -0.481 e. The SMILES string of the molecule is O=C(O)CCSC1=c2cc(/C=C/c3ccc4c(n3)CCCC4)ccc2=CC=C2N=CCC=C21. The van der Waals surface area contributed by atoms with Crippen LogP contribution < -0.4 is 10.4 Å². The molecule has 5 rings (SSSR count). The lowest BCUT2D eigenvalue weighted by Gasteiger charge is -2.14. The Balaban J connectivity index is 1.52. The Morgan fingerprint density at radius 1 is 1.09 bits per heavy atom. The number of thioether (sulfide) groups is 1. The van der Waals surface area contributed by atoms with Crippen molar-refractivity contribution in [1.82, 2.24) is 4.98 Å². The summed E-state index contributed by atoms with van der Waals surface area (Å²) in [5, 5.41) is 11.4. The number of rotatable bonds is 6. The van der Waals surface area contributed by atoms with Crippen molar-refractivity contribution in [2.45, 2.75) is 38.5 Å². The summed E-state index contributed by atoms with van der Waals surface area (Å²) in [5.41, 5.74) is 6.76. The molecule has 4 nitrogen and oxygen atoms in total. The molecule has 5 heteroatoms. The van der Waals surface area contributed by atoms with E-state index in [0.29, 0.717) is 5.75 Å². The molecular weight excluding hydrogens is 428 g/mol. The first-order valence-electron chi connectivity index (χ1n) is 11.5. The lowest BCUT2D eigenvalue weighted by Crippen LogP contribution is -2.26. The number of aliphatic imine (C=N–C) groups is 1. The molecule has 0 saturated carbocycles. The molecule has 1 aromatic heterocycles. The van der Waals surface area contributed by atoms with Crippen molar-refractivity contribution in [2.75, 3.05) is 5.75 Å². The standard InChI is InChI=1S/C28H26N2O2S/c31-27(32)15-17-33-28-23-5-3-16-29-26(23)14-11-20-9-7-19(18-24(20)28)8-12-22-13-10-21-4-1-2-6-25(21)30-22/h5,7-14,16,18H,1-4,6,15,17H2,(H,31,32)/b12-8+. The topological polar surface area (TPSA) is 62.5 Å². The lowest BCUT2D eigenvalue weighted by atomic mass is 9.96. The second-order valence-electron chi connectivity index (χ2n) is 8.43. The number of aliphatic carboxylic acids is 1. The van der Waals surface area contributed by atoms with Gasteiger partial charge in [0, 0.05) is 34.6 Å². The van der Waals surface area contributed by atoms with Crippen LogP contribution in [0.15, 0.2) is 58.7 Å². The summed E-state index contributed by atoms with van der Waals surface area (Å²) in [6.45, 7) is 0. The van der Waals surface area contributed by atoms with Gasteiger partial charge < -0.3 is 5.11 Å². The quantitative estimate of drug-likeness (QED) is 0.697. The van der Waals surface area contributed by atoms with Crippen molar-refractivity contribution in [3.63, 3.8) is 0 Å². The van der Waals surface area contributed by atoms with Crippen LogP contribution in [0.1, 0.15) is 48.2 Å². The molecule has 1 aromatic carbocycles. The average molecular weight is 455 g/mol. The summed E-state index contributed by atoms with van der Waals surface area (Å²) >= 11 is 1.60. The van der Waals surface area contributed by atoms with Gasteiger partial charge in [0.2, 0.25) is 0 Å². The van der Waals surface area contributed by atoms with E-state index in [2.05, 4.69) is 65.7 Å². The molecule has 166 valence electrons. The third-order valence-corrected chi connectivity index (χ3v) is 7.27. The Bertz CT molecular complexity index is 1350. The predicted octanol–water partition coefficient (Wildman–Crippen LogP) is 4.53. The highest BCUT2D eigenvalue weighted by Crippen LogP contribution is 2.33. The third-order valence-electron chi connectivity index (χ3n) is 6.13. The van der Waals surface area contributed by atoms with Gasteiger partial charge in [-0.15, -0.1) is 11.8 Å². The number of hydrogen-bond donors (Lipinski definition) is 1. The largest absolute Gasteiger partial charge is 0.481 e. The van der Waals surface area contributed by atoms with Gasteiger partial charge in [0.15, 0.2) is 0 Å². The summed E-state index contributed by atoms with van der Waals surface area (Å²) < 4.78 is 0. The second-order valence-corrected chi connectivity index (χ2v) is 9.54. The Hall–Kier alpha value is -3.18. The van der Waals surface area contributed by atoms with Crippen molar-refractivity contribution in [3.8, 4) is 0 Å². The Kier molecular flexibility index (Phi) is 6.40. The fraction of sp³-hybridized carbons (Fsp3) is 0.250. The van der Waals surface area contributed by atoms with Crippen LogP contribution in [0.3, 0.4) is 0 Å². The number of aromatic nitrogens is 1. The van der Waals surface area contributed by atoms with E-state index in [4.69, 9.17) is 10.1 Å². The molecule has 0 bridgehead atoms. The molecule has 2 heterocycles.